The molecule has 0 bridgehead atoms. The van der Waals surface area contributed by atoms with Crippen LogP contribution in [0.3, 0.4) is 0 Å². The Hall–Kier alpha value is -1.43. The highest BCUT2D eigenvalue weighted by Gasteiger charge is 2.48. The van der Waals surface area contributed by atoms with Crippen molar-refractivity contribution < 1.29 is 19.0 Å². The molecule has 0 aromatic heterocycles. The lowest BCUT2D eigenvalue weighted by atomic mass is 9.88. The normalized spacial score (nSPS) is 38.1. The Balaban J connectivity index is 1.45. The van der Waals surface area contributed by atoms with Crippen molar-refractivity contribution in [3.05, 3.63) is 36.0 Å². The van der Waals surface area contributed by atoms with E-state index >= 15 is 0 Å². The molecule has 29 heavy (non-hydrogen) atoms. The highest BCUT2D eigenvalue weighted by Crippen LogP contribution is 2.39. The molecule has 0 radical (unpaired) electrons. The third kappa shape index (κ3) is 6.53. The molecule has 0 saturated carbocycles. The van der Waals surface area contributed by atoms with E-state index in [4.69, 9.17) is 14.2 Å². The first-order chi connectivity index (χ1) is 13.9. The molecule has 3 fully saturated rings. The molecule has 3 aliphatic heterocycles. The van der Waals surface area contributed by atoms with Crippen molar-refractivity contribution in [1.29, 1.82) is 0 Å². The lowest BCUT2D eigenvalue weighted by molar-refractivity contribution is -0.123. The van der Waals surface area contributed by atoms with Gasteiger partial charge in [0.1, 0.15) is 0 Å². The summed E-state index contributed by atoms with van der Waals surface area (Å²) in [6.45, 7) is 10.1. The standard InChI is InChI=1S/C24H37NO4/c1-5-6-7-23(26)25-21-14-18(3)22(29-19(21)4)11-9-17(2)8-10-20-15-24(16-28-24)12-13-27-20/h6-10,18-22H,5,11-16H2,1-4H3,(H,25,26)/b7-6-,10-8+,17-9+. The van der Waals surface area contributed by atoms with Crippen LogP contribution in [-0.4, -0.2) is 49.1 Å². The van der Waals surface area contributed by atoms with Crippen LogP contribution in [0.5, 0.6) is 0 Å². The summed E-state index contributed by atoms with van der Waals surface area (Å²) >= 11 is 0. The van der Waals surface area contributed by atoms with Gasteiger partial charge in [0.25, 0.3) is 0 Å². The van der Waals surface area contributed by atoms with Gasteiger partial charge in [0, 0.05) is 12.8 Å². The summed E-state index contributed by atoms with van der Waals surface area (Å²) in [5.74, 6) is 0.371. The number of nitrogens with one attached hydrogen (secondary N) is 1. The van der Waals surface area contributed by atoms with Gasteiger partial charge in [-0.25, -0.2) is 0 Å². The van der Waals surface area contributed by atoms with Crippen LogP contribution in [0, 0.1) is 5.92 Å². The van der Waals surface area contributed by atoms with E-state index in [2.05, 4.69) is 44.3 Å². The molecule has 1 spiro atoms. The summed E-state index contributed by atoms with van der Waals surface area (Å²) < 4.78 is 17.7. The summed E-state index contributed by atoms with van der Waals surface area (Å²) in [5, 5.41) is 3.09. The summed E-state index contributed by atoms with van der Waals surface area (Å²) in [6, 6.07) is 0.0700. The van der Waals surface area contributed by atoms with Crippen LogP contribution < -0.4 is 5.32 Å². The summed E-state index contributed by atoms with van der Waals surface area (Å²) in [4.78, 5) is 12.0. The van der Waals surface area contributed by atoms with Crippen LogP contribution in [0.4, 0.5) is 0 Å². The molecule has 1 N–H and O–H groups in total. The summed E-state index contributed by atoms with van der Waals surface area (Å²) in [7, 11) is 0. The van der Waals surface area contributed by atoms with Crippen LogP contribution in [-0.2, 0) is 19.0 Å². The second kappa shape index (κ2) is 10.1. The fourth-order valence-electron chi connectivity index (χ4n) is 4.21. The number of amides is 1. The Bertz CT molecular complexity index is 649. The fraction of sp³-hybridized carbons (Fsp3) is 0.708. The first-order valence-corrected chi connectivity index (χ1v) is 11.1. The zero-order valence-corrected chi connectivity index (χ0v) is 18.4. The number of allylic oxidation sites excluding steroid dienone is 3. The van der Waals surface area contributed by atoms with Gasteiger partial charge in [-0.15, -0.1) is 0 Å². The summed E-state index contributed by atoms with van der Waals surface area (Å²) in [5.41, 5.74) is 1.35. The van der Waals surface area contributed by atoms with Crippen molar-refractivity contribution in [3.63, 3.8) is 0 Å². The van der Waals surface area contributed by atoms with Gasteiger partial charge in [0.2, 0.25) is 5.91 Å². The zero-order valence-electron chi connectivity index (χ0n) is 18.4. The van der Waals surface area contributed by atoms with Crippen molar-refractivity contribution in [1.82, 2.24) is 5.32 Å². The first-order valence-electron chi connectivity index (χ1n) is 11.1. The Morgan fingerprint density at radius 3 is 2.79 bits per heavy atom. The number of carbonyl (C=O) groups excluding carboxylic acids is 1. The highest BCUT2D eigenvalue weighted by atomic mass is 16.6. The number of epoxide rings is 1. The largest absolute Gasteiger partial charge is 0.374 e. The van der Waals surface area contributed by atoms with Gasteiger partial charge >= 0.3 is 0 Å². The third-order valence-electron chi connectivity index (χ3n) is 6.31. The summed E-state index contributed by atoms with van der Waals surface area (Å²) in [6.07, 6.45) is 15.1. The smallest absolute Gasteiger partial charge is 0.243 e. The molecule has 162 valence electrons. The number of ether oxygens (including phenoxy) is 3. The van der Waals surface area contributed by atoms with Crippen LogP contribution >= 0.6 is 0 Å². The van der Waals surface area contributed by atoms with Crippen LogP contribution in [0.25, 0.3) is 0 Å². The third-order valence-corrected chi connectivity index (χ3v) is 6.31. The van der Waals surface area contributed by atoms with Gasteiger partial charge in [-0.2, -0.15) is 0 Å². The molecule has 0 aliphatic carbocycles. The van der Waals surface area contributed by atoms with Crippen molar-refractivity contribution in [2.24, 2.45) is 5.92 Å². The minimum absolute atomic E-state index is 0.0183. The van der Waals surface area contributed by atoms with Crippen LogP contribution in [0.15, 0.2) is 36.0 Å². The van der Waals surface area contributed by atoms with Crippen molar-refractivity contribution in [2.45, 2.75) is 89.8 Å². The molecule has 1 amide bonds. The minimum atomic E-state index is -0.0258. The van der Waals surface area contributed by atoms with Crippen LogP contribution in [0.1, 0.15) is 59.8 Å². The number of rotatable bonds is 7. The lowest BCUT2D eigenvalue weighted by Gasteiger charge is -2.39. The van der Waals surface area contributed by atoms with Gasteiger partial charge in [-0.05, 0) is 45.1 Å². The molecule has 3 saturated heterocycles. The molecule has 5 nitrogen and oxygen atoms in total. The monoisotopic (exact) mass is 403 g/mol. The number of carbonyl (C=O) groups is 1. The van der Waals surface area contributed by atoms with Gasteiger partial charge in [-0.3, -0.25) is 4.79 Å². The van der Waals surface area contributed by atoms with E-state index in [-0.39, 0.29) is 35.9 Å². The van der Waals surface area contributed by atoms with E-state index in [1.165, 1.54) is 5.57 Å². The van der Waals surface area contributed by atoms with Gasteiger partial charge in [-0.1, -0.05) is 43.7 Å². The van der Waals surface area contributed by atoms with E-state index in [1.807, 2.05) is 13.0 Å². The minimum Gasteiger partial charge on any atom is -0.374 e. The van der Waals surface area contributed by atoms with E-state index in [0.29, 0.717) is 5.92 Å². The lowest BCUT2D eigenvalue weighted by Crippen LogP contribution is -2.50. The topological polar surface area (TPSA) is 60.1 Å². The number of hydrogen-bond donors (Lipinski definition) is 1. The van der Waals surface area contributed by atoms with E-state index in [9.17, 15) is 4.79 Å². The number of hydrogen-bond acceptors (Lipinski definition) is 4. The van der Waals surface area contributed by atoms with Crippen molar-refractivity contribution in [3.8, 4) is 0 Å². The molecule has 0 aromatic carbocycles. The molecular weight excluding hydrogens is 366 g/mol. The second-order valence-electron chi connectivity index (χ2n) is 8.90. The second-order valence-corrected chi connectivity index (χ2v) is 8.90. The maximum Gasteiger partial charge on any atom is 0.243 e. The zero-order chi connectivity index (χ0) is 20.9. The molecule has 6 unspecified atom stereocenters. The van der Waals surface area contributed by atoms with E-state index in [0.717, 1.165) is 45.3 Å². The van der Waals surface area contributed by atoms with E-state index in [1.54, 1.807) is 6.08 Å². The highest BCUT2D eigenvalue weighted by molar-refractivity contribution is 5.87. The quantitative estimate of drug-likeness (QED) is 0.395. The predicted molar refractivity (Wildman–Crippen MR) is 115 cm³/mol. The maximum atomic E-state index is 12.0. The average Bonchev–Trinajstić information content (AvgIpc) is 3.44. The molecule has 3 heterocycles. The Labute approximate surface area is 175 Å². The predicted octanol–water partition coefficient (Wildman–Crippen LogP) is 4.09. The van der Waals surface area contributed by atoms with Gasteiger partial charge < -0.3 is 19.5 Å². The van der Waals surface area contributed by atoms with Crippen LogP contribution in [0.2, 0.25) is 0 Å². The van der Waals surface area contributed by atoms with Crippen molar-refractivity contribution in [2.75, 3.05) is 13.2 Å². The molecule has 6 atom stereocenters. The Morgan fingerprint density at radius 1 is 1.28 bits per heavy atom. The van der Waals surface area contributed by atoms with Crippen molar-refractivity contribution >= 4 is 5.91 Å². The van der Waals surface area contributed by atoms with E-state index < -0.39 is 0 Å². The molecule has 3 aliphatic rings. The first kappa shape index (κ1) is 22.3. The van der Waals surface area contributed by atoms with Gasteiger partial charge in [0.15, 0.2) is 0 Å². The Kier molecular flexibility index (Phi) is 7.72. The Morgan fingerprint density at radius 2 is 2.07 bits per heavy atom. The van der Waals surface area contributed by atoms with Gasteiger partial charge in [0.05, 0.1) is 43.2 Å². The molecule has 5 heteroatoms. The maximum absolute atomic E-state index is 12.0. The molecular formula is C24H37NO4. The SMILES string of the molecule is CC/C=C\C(=O)NC1CC(C)C(C/C=C(C)/C=C/C2CC3(CCO2)CO3)OC1C. The molecule has 0 aromatic rings. The molecule has 3 rings (SSSR count). The average molecular weight is 404 g/mol. The fourth-order valence-corrected chi connectivity index (χ4v) is 4.21.